The van der Waals surface area contributed by atoms with E-state index in [1.165, 1.54) is 11.8 Å². The van der Waals surface area contributed by atoms with Crippen LogP contribution >= 0.6 is 23.4 Å². The standard InChI is InChI=1S/C17H20ClN3OS/c1-9-6-10(2)16(14(18)7-9)21-15(22)8-23-17-19-12(4)11(3)13(5)20-17/h6-7H,8H2,1-5H3,(H,21,22). The number of rotatable bonds is 4. The fourth-order valence-corrected chi connectivity index (χ4v) is 3.29. The summed E-state index contributed by atoms with van der Waals surface area (Å²) in [7, 11) is 0. The molecule has 0 aliphatic heterocycles. The summed E-state index contributed by atoms with van der Waals surface area (Å²) in [5.74, 6) is 0.120. The molecule has 6 heteroatoms. The number of thioether (sulfide) groups is 1. The highest BCUT2D eigenvalue weighted by atomic mass is 35.5. The van der Waals surface area contributed by atoms with Gasteiger partial charge in [0.15, 0.2) is 5.16 Å². The Bertz CT molecular complexity index is 715. The molecule has 2 rings (SSSR count). The molecule has 23 heavy (non-hydrogen) atoms. The Balaban J connectivity index is 2.04. The summed E-state index contributed by atoms with van der Waals surface area (Å²) in [6, 6.07) is 3.83. The van der Waals surface area contributed by atoms with Crippen LogP contribution in [0.4, 0.5) is 5.69 Å². The highest BCUT2D eigenvalue weighted by molar-refractivity contribution is 7.99. The number of hydrogen-bond acceptors (Lipinski definition) is 4. The van der Waals surface area contributed by atoms with Crippen LogP contribution in [0.1, 0.15) is 28.1 Å². The number of carbonyl (C=O) groups excluding carboxylic acids is 1. The van der Waals surface area contributed by atoms with Crippen molar-refractivity contribution in [2.24, 2.45) is 0 Å². The Morgan fingerprint density at radius 1 is 1.13 bits per heavy atom. The highest BCUT2D eigenvalue weighted by Gasteiger charge is 2.12. The quantitative estimate of drug-likeness (QED) is 0.656. The molecule has 2 aromatic rings. The molecular formula is C17H20ClN3OS. The van der Waals surface area contributed by atoms with E-state index < -0.39 is 0 Å². The Labute approximate surface area is 146 Å². The lowest BCUT2D eigenvalue weighted by Gasteiger charge is -2.11. The first kappa shape index (κ1) is 17.8. The van der Waals surface area contributed by atoms with Gasteiger partial charge in [-0.3, -0.25) is 4.79 Å². The van der Waals surface area contributed by atoms with E-state index in [0.29, 0.717) is 15.9 Å². The summed E-state index contributed by atoms with van der Waals surface area (Å²) in [5, 5.41) is 4.04. The normalized spacial score (nSPS) is 10.7. The Morgan fingerprint density at radius 3 is 2.30 bits per heavy atom. The smallest absolute Gasteiger partial charge is 0.234 e. The molecule has 0 atom stereocenters. The summed E-state index contributed by atoms with van der Waals surface area (Å²) >= 11 is 7.53. The zero-order valence-corrected chi connectivity index (χ0v) is 15.5. The lowest BCUT2D eigenvalue weighted by Crippen LogP contribution is -2.15. The van der Waals surface area contributed by atoms with Gasteiger partial charge >= 0.3 is 0 Å². The van der Waals surface area contributed by atoms with E-state index in [1.807, 2.05) is 46.8 Å². The van der Waals surface area contributed by atoms with Gasteiger partial charge in [-0.2, -0.15) is 0 Å². The number of carbonyl (C=O) groups is 1. The van der Waals surface area contributed by atoms with Crippen LogP contribution in [0.25, 0.3) is 0 Å². The van der Waals surface area contributed by atoms with E-state index in [-0.39, 0.29) is 11.7 Å². The summed E-state index contributed by atoms with van der Waals surface area (Å²) in [6.45, 7) is 9.79. The number of aromatic nitrogens is 2. The number of aryl methyl sites for hydroxylation is 4. The van der Waals surface area contributed by atoms with Crippen LogP contribution in [0.3, 0.4) is 0 Å². The molecule has 0 saturated carbocycles. The minimum atomic E-state index is -0.122. The van der Waals surface area contributed by atoms with Gasteiger partial charge in [-0.15, -0.1) is 0 Å². The van der Waals surface area contributed by atoms with Crippen molar-refractivity contribution in [3.63, 3.8) is 0 Å². The van der Waals surface area contributed by atoms with Gasteiger partial charge in [0.2, 0.25) is 5.91 Å². The van der Waals surface area contributed by atoms with Crippen LogP contribution in [0.5, 0.6) is 0 Å². The second-order valence-corrected chi connectivity index (χ2v) is 6.93. The van der Waals surface area contributed by atoms with Gasteiger partial charge in [0.1, 0.15) is 0 Å². The highest BCUT2D eigenvalue weighted by Crippen LogP contribution is 2.27. The zero-order chi connectivity index (χ0) is 17.1. The van der Waals surface area contributed by atoms with Crippen LogP contribution in [0.2, 0.25) is 5.02 Å². The van der Waals surface area contributed by atoms with Gasteiger partial charge in [-0.25, -0.2) is 9.97 Å². The van der Waals surface area contributed by atoms with Crippen LogP contribution < -0.4 is 5.32 Å². The van der Waals surface area contributed by atoms with Crippen molar-refractivity contribution >= 4 is 35.0 Å². The molecule has 0 unspecified atom stereocenters. The molecular weight excluding hydrogens is 330 g/mol. The number of halogens is 1. The monoisotopic (exact) mass is 349 g/mol. The molecule has 0 radical (unpaired) electrons. The molecule has 0 bridgehead atoms. The minimum Gasteiger partial charge on any atom is -0.324 e. The maximum absolute atomic E-state index is 12.2. The van der Waals surface area contributed by atoms with Gasteiger partial charge in [-0.1, -0.05) is 29.4 Å². The van der Waals surface area contributed by atoms with Crippen molar-refractivity contribution in [2.45, 2.75) is 39.8 Å². The molecule has 1 heterocycles. The lowest BCUT2D eigenvalue weighted by molar-refractivity contribution is -0.113. The average Bonchev–Trinajstić information content (AvgIpc) is 2.46. The first-order chi connectivity index (χ1) is 10.8. The van der Waals surface area contributed by atoms with Crippen LogP contribution in [0.15, 0.2) is 17.3 Å². The van der Waals surface area contributed by atoms with Crippen molar-refractivity contribution in [2.75, 3.05) is 11.1 Å². The van der Waals surface area contributed by atoms with E-state index in [9.17, 15) is 4.79 Å². The average molecular weight is 350 g/mol. The predicted molar refractivity (Wildman–Crippen MR) is 96.5 cm³/mol. The van der Waals surface area contributed by atoms with Gasteiger partial charge in [0.25, 0.3) is 0 Å². The fraction of sp³-hybridized carbons (Fsp3) is 0.353. The molecule has 1 amide bonds. The number of anilines is 1. The van der Waals surface area contributed by atoms with Crippen LogP contribution in [-0.4, -0.2) is 21.6 Å². The van der Waals surface area contributed by atoms with E-state index in [0.717, 1.165) is 28.1 Å². The Morgan fingerprint density at radius 2 is 1.74 bits per heavy atom. The number of hydrogen-bond donors (Lipinski definition) is 1. The summed E-state index contributed by atoms with van der Waals surface area (Å²) in [6.07, 6.45) is 0. The van der Waals surface area contributed by atoms with E-state index >= 15 is 0 Å². The molecule has 0 fully saturated rings. The summed E-state index contributed by atoms with van der Waals surface area (Å²) in [5.41, 5.74) is 5.65. The Hall–Kier alpha value is -1.59. The third-order valence-corrected chi connectivity index (χ3v) is 4.79. The first-order valence-corrected chi connectivity index (χ1v) is 8.65. The molecule has 0 spiro atoms. The molecule has 4 nitrogen and oxygen atoms in total. The van der Waals surface area contributed by atoms with Gasteiger partial charge < -0.3 is 5.32 Å². The van der Waals surface area contributed by atoms with Gasteiger partial charge in [-0.05, 0) is 57.4 Å². The molecule has 122 valence electrons. The first-order valence-electron chi connectivity index (χ1n) is 7.29. The van der Waals surface area contributed by atoms with Gasteiger partial charge in [0.05, 0.1) is 16.5 Å². The minimum absolute atomic E-state index is 0.122. The molecule has 0 aliphatic carbocycles. The third kappa shape index (κ3) is 4.45. The lowest BCUT2D eigenvalue weighted by atomic mass is 10.1. The maximum atomic E-state index is 12.2. The summed E-state index contributed by atoms with van der Waals surface area (Å²) in [4.78, 5) is 21.0. The number of nitrogens with one attached hydrogen (secondary N) is 1. The maximum Gasteiger partial charge on any atom is 0.234 e. The number of benzene rings is 1. The third-order valence-electron chi connectivity index (χ3n) is 3.64. The van der Waals surface area contributed by atoms with E-state index in [1.54, 1.807) is 0 Å². The molecule has 1 aromatic heterocycles. The van der Waals surface area contributed by atoms with Crippen molar-refractivity contribution in [3.8, 4) is 0 Å². The molecule has 1 aromatic carbocycles. The number of amides is 1. The van der Waals surface area contributed by atoms with E-state index in [2.05, 4.69) is 15.3 Å². The topological polar surface area (TPSA) is 54.9 Å². The van der Waals surface area contributed by atoms with Crippen molar-refractivity contribution < 1.29 is 4.79 Å². The fourth-order valence-electron chi connectivity index (χ4n) is 2.19. The Kier molecular flexibility index (Phi) is 5.65. The van der Waals surface area contributed by atoms with Crippen molar-refractivity contribution in [1.82, 2.24) is 9.97 Å². The van der Waals surface area contributed by atoms with E-state index in [4.69, 9.17) is 11.6 Å². The van der Waals surface area contributed by atoms with Gasteiger partial charge in [0, 0.05) is 11.4 Å². The van der Waals surface area contributed by atoms with Crippen molar-refractivity contribution in [1.29, 1.82) is 0 Å². The second kappa shape index (κ2) is 7.32. The molecule has 0 saturated heterocycles. The van der Waals surface area contributed by atoms with Crippen molar-refractivity contribution in [3.05, 3.63) is 45.2 Å². The molecule has 1 N–H and O–H groups in total. The SMILES string of the molecule is Cc1cc(C)c(NC(=O)CSc2nc(C)c(C)c(C)n2)c(Cl)c1. The second-order valence-electron chi connectivity index (χ2n) is 5.58. The molecule has 0 aliphatic rings. The summed E-state index contributed by atoms with van der Waals surface area (Å²) < 4.78 is 0. The predicted octanol–water partition coefficient (Wildman–Crippen LogP) is 4.40. The van der Waals surface area contributed by atoms with Crippen LogP contribution in [0, 0.1) is 34.6 Å². The zero-order valence-electron chi connectivity index (χ0n) is 14.0. The van der Waals surface area contributed by atoms with Crippen LogP contribution in [-0.2, 0) is 4.79 Å². The largest absolute Gasteiger partial charge is 0.324 e. The number of nitrogens with zero attached hydrogens (tertiary/aromatic N) is 2.